The lowest BCUT2D eigenvalue weighted by molar-refractivity contribution is -0.134. The van der Waals surface area contributed by atoms with E-state index in [0.717, 1.165) is 25.2 Å². The minimum absolute atomic E-state index is 0.303. The summed E-state index contributed by atoms with van der Waals surface area (Å²) in [6.07, 6.45) is 5.07. The summed E-state index contributed by atoms with van der Waals surface area (Å²) in [6.45, 7) is 3.13. The molecule has 0 spiro atoms. The third-order valence-electron chi connectivity index (χ3n) is 4.73. The lowest BCUT2D eigenvalue weighted by atomic mass is 9.94. The molecule has 114 valence electrons. The Morgan fingerprint density at radius 1 is 1.19 bits per heavy atom. The van der Waals surface area contributed by atoms with Crippen LogP contribution in [0.5, 0.6) is 0 Å². The van der Waals surface area contributed by atoms with Crippen molar-refractivity contribution in [3.05, 3.63) is 29.8 Å². The molecule has 3 nitrogen and oxygen atoms in total. The van der Waals surface area contributed by atoms with Crippen molar-refractivity contribution >= 4 is 17.7 Å². The Kier molecular flexibility index (Phi) is 4.55. The van der Waals surface area contributed by atoms with Crippen LogP contribution >= 0.6 is 11.8 Å². The molecule has 0 unspecified atom stereocenters. The van der Waals surface area contributed by atoms with Crippen molar-refractivity contribution in [1.82, 2.24) is 9.80 Å². The molecule has 0 radical (unpaired) electrons. The van der Waals surface area contributed by atoms with Crippen LogP contribution < -0.4 is 0 Å². The minimum atomic E-state index is 0.303. The van der Waals surface area contributed by atoms with Gasteiger partial charge in [0.2, 0.25) is 5.91 Å². The van der Waals surface area contributed by atoms with Gasteiger partial charge >= 0.3 is 0 Å². The molecule has 3 aliphatic rings. The fraction of sp³-hybridized carbons (Fsp3) is 0.588. The normalized spacial score (nSPS) is 25.9. The molecule has 2 atom stereocenters. The number of piperidine rings is 1. The van der Waals surface area contributed by atoms with Gasteiger partial charge < -0.3 is 9.80 Å². The molecule has 1 aromatic rings. The fourth-order valence-corrected chi connectivity index (χ4v) is 4.05. The predicted octanol–water partition coefficient (Wildman–Crippen LogP) is 2.50. The highest BCUT2D eigenvalue weighted by atomic mass is 32.2. The summed E-state index contributed by atoms with van der Waals surface area (Å²) in [5.74, 6) is 0.966. The maximum absolute atomic E-state index is 12.7. The van der Waals surface area contributed by atoms with Crippen molar-refractivity contribution in [3.63, 3.8) is 0 Å². The van der Waals surface area contributed by atoms with E-state index >= 15 is 0 Å². The van der Waals surface area contributed by atoms with Crippen molar-refractivity contribution in [3.8, 4) is 0 Å². The maximum atomic E-state index is 12.7. The van der Waals surface area contributed by atoms with Crippen LogP contribution in [0, 0.1) is 5.92 Å². The topological polar surface area (TPSA) is 23.6 Å². The van der Waals surface area contributed by atoms with E-state index in [1.165, 1.54) is 17.7 Å². The van der Waals surface area contributed by atoms with Crippen LogP contribution in [0.3, 0.4) is 0 Å². The van der Waals surface area contributed by atoms with Gasteiger partial charge in [0.05, 0.1) is 6.42 Å². The lowest BCUT2D eigenvalue weighted by Crippen LogP contribution is -2.47. The smallest absolute Gasteiger partial charge is 0.227 e. The zero-order valence-corrected chi connectivity index (χ0v) is 13.7. The summed E-state index contributed by atoms with van der Waals surface area (Å²) in [5, 5.41) is 0. The van der Waals surface area contributed by atoms with Gasteiger partial charge in [0.1, 0.15) is 0 Å². The van der Waals surface area contributed by atoms with Crippen LogP contribution in [0.4, 0.5) is 0 Å². The van der Waals surface area contributed by atoms with Gasteiger partial charge in [-0.1, -0.05) is 12.1 Å². The summed E-state index contributed by atoms with van der Waals surface area (Å²) >= 11 is 1.74. The van der Waals surface area contributed by atoms with E-state index in [9.17, 15) is 4.79 Å². The second-order valence-corrected chi connectivity index (χ2v) is 7.27. The zero-order valence-electron chi connectivity index (χ0n) is 12.9. The molecule has 2 bridgehead atoms. The van der Waals surface area contributed by atoms with E-state index < -0.39 is 0 Å². The largest absolute Gasteiger partial charge is 0.338 e. The molecule has 4 heteroatoms. The van der Waals surface area contributed by atoms with Crippen LogP contribution in [0.2, 0.25) is 0 Å². The number of benzene rings is 1. The Morgan fingerprint density at radius 2 is 1.95 bits per heavy atom. The number of hydrogen-bond acceptors (Lipinski definition) is 3. The number of carbonyl (C=O) groups excluding carboxylic acids is 1. The van der Waals surface area contributed by atoms with Gasteiger partial charge in [-0.2, -0.15) is 0 Å². The van der Waals surface area contributed by atoms with Crippen molar-refractivity contribution in [2.45, 2.75) is 30.2 Å². The van der Waals surface area contributed by atoms with E-state index in [2.05, 4.69) is 47.4 Å². The van der Waals surface area contributed by atoms with E-state index in [1.54, 1.807) is 11.8 Å². The average molecular weight is 304 g/mol. The second-order valence-electron chi connectivity index (χ2n) is 6.39. The first kappa shape index (κ1) is 14.9. The van der Waals surface area contributed by atoms with Crippen LogP contribution in [-0.4, -0.2) is 54.7 Å². The quantitative estimate of drug-likeness (QED) is 0.802. The van der Waals surface area contributed by atoms with Gasteiger partial charge in [-0.25, -0.2) is 0 Å². The number of thioether (sulfide) groups is 1. The van der Waals surface area contributed by atoms with Gasteiger partial charge in [0, 0.05) is 30.6 Å². The number of amides is 1. The molecular formula is C17H24N2OS. The highest BCUT2D eigenvalue weighted by Gasteiger charge is 2.35. The number of nitrogens with zero attached hydrogens (tertiary/aromatic N) is 2. The monoisotopic (exact) mass is 304 g/mol. The third-order valence-corrected chi connectivity index (χ3v) is 5.47. The molecule has 3 aliphatic heterocycles. The summed E-state index contributed by atoms with van der Waals surface area (Å²) in [5.41, 5.74) is 1.13. The van der Waals surface area contributed by atoms with E-state index in [-0.39, 0.29) is 0 Å². The number of rotatable bonds is 3. The molecule has 0 aromatic heterocycles. The molecule has 3 saturated heterocycles. The van der Waals surface area contributed by atoms with Crippen molar-refractivity contribution < 1.29 is 4.79 Å². The Hall–Kier alpha value is -1.00. The third kappa shape index (κ3) is 3.43. The van der Waals surface area contributed by atoms with E-state index in [4.69, 9.17) is 0 Å². The van der Waals surface area contributed by atoms with Crippen molar-refractivity contribution in [2.75, 3.05) is 32.9 Å². The number of likely N-dealkylation sites (N-methyl/N-ethyl adjacent to an activating group) is 1. The molecule has 0 aliphatic carbocycles. The van der Waals surface area contributed by atoms with Crippen LogP contribution in [-0.2, 0) is 11.2 Å². The first-order chi connectivity index (χ1) is 10.2. The molecule has 3 heterocycles. The van der Waals surface area contributed by atoms with Gasteiger partial charge in [0.25, 0.3) is 0 Å². The van der Waals surface area contributed by atoms with Gasteiger partial charge in [0.15, 0.2) is 0 Å². The summed E-state index contributed by atoms with van der Waals surface area (Å²) < 4.78 is 0. The molecule has 21 heavy (non-hydrogen) atoms. The highest BCUT2D eigenvalue weighted by molar-refractivity contribution is 7.98. The minimum Gasteiger partial charge on any atom is -0.338 e. The first-order valence-corrected chi connectivity index (χ1v) is 8.99. The number of fused-ring (bicyclic) bond motifs is 4. The maximum Gasteiger partial charge on any atom is 0.227 e. The molecule has 0 N–H and O–H groups in total. The van der Waals surface area contributed by atoms with Gasteiger partial charge in [-0.3, -0.25) is 4.79 Å². The summed E-state index contributed by atoms with van der Waals surface area (Å²) in [6, 6.07) is 8.81. The second kappa shape index (κ2) is 6.41. The SMILES string of the molecule is CSc1ccc(CC(=O)N2C[C@H]3CC[C@@H]2CN(C)C3)cc1. The fourth-order valence-electron chi connectivity index (χ4n) is 3.64. The standard InChI is InChI=1S/C17H24N2OS/c1-18-10-14-3-6-15(12-18)19(11-14)17(20)9-13-4-7-16(21-2)8-5-13/h4-5,7-8,14-15H,3,6,9-12H2,1-2H3/t14-,15+/m0/s1. The Bertz CT molecular complexity index is 502. The Balaban J connectivity index is 1.67. The Labute approximate surface area is 131 Å². The molecule has 3 fully saturated rings. The molecule has 1 aromatic carbocycles. The summed E-state index contributed by atoms with van der Waals surface area (Å²) in [4.78, 5) is 18.5. The van der Waals surface area contributed by atoms with Crippen LogP contribution in [0.25, 0.3) is 0 Å². The number of carbonyl (C=O) groups is 1. The molecule has 1 amide bonds. The summed E-state index contributed by atoms with van der Waals surface area (Å²) in [7, 11) is 2.18. The lowest BCUT2D eigenvalue weighted by Gasteiger charge is -2.36. The average Bonchev–Trinajstić information content (AvgIpc) is 2.76. The first-order valence-electron chi connectivity index (χ1n) is 7.76. The van der Waals surface area contributed by atoms with E-state index in [1.807, 2.05) is 0 Å². The molecular weight excluding hydrogens is 280 g/mol. The van der Waals surface area contributed by atoms with Crippen LogP contribution in [0.15, 0.2) is 29.2 Å². The van der Waals surface area contributed by atoms with Crippen LogP contribution in [0.1, 0.15) is 18.4 Å². The van der Waals surface area contributed by atoms with E-state index in [0.29, 0.717) is 24.3 Å². The van der Waals surface area contributed by atoms with Crippen molar-refractivity contribution in [2.24, 2.45) is 5.92 Å². The van der Waals surface area contributed by atoms with Gasteiger partial charge in [-0.15, -0.1) is 11.8 Å². The molecule has 0 saturated carbocycles. The van der Waals surface area contributed by atoms with Gasteiger partial charge in [-0.05, 0) is 49.8 Å². The highest BCUT2D eigenvalue weighted by Crippen LogP contribution is 2.28. The molecule has 4 rings (SSSR count). The predicted molar refractivity (Wildman–Crippen MR) is 87.6 cm³/mol. The zero-order chi connectivity index (χ0) is 14.8. The Morgan fingerprint density at radius 3 is 2.67 bits per heavy atom. The number of hydrogen-bond donors (Lipinski definition) is 0. The van der Waals surface area contributed by atoms with Crippen molar-refractivity contribution in [1.29, 1.82) is 0 Å².